The highest BCUT2D eigenvalue weighted by Crippen LogP contribution is 2.40. The zero-order valence-electron chi connectivity index (χ0n) is 11.1. The Morgan fingerprint density at radius 1 is 1.47 bits per heavy atom. The van der Waals surface area contributed by atoms with Crippen LogP contribution in [0, 0.1) is 12.8 Å². The summed E-state index contributed by atoms with van der Waals surface area (Å²) >= 11 is 0.942. The topological polar surface area (TPSA) is 83.5 Å². The molecule has 106 valence electrons. The summed E-state index contributed by atoms with van der Waals surface area (Å²) in [5, 5.41) is 10.6. The molecule has 1 aromatic heterocycles. The van der Waals surface area contributed by atoms with Crippen molar-refractivity contribution in [3.63, 3.8) is 0 Å². The van der Waals surface area contributed by atoms with Gasteiger partial charge < -0.3 is 5.11 Å². The second-order valence-corrected chi connectivity index (χ2v) is 7.98. The molecule has 1 saturated carbocycles. The van der Waals surface area contributed by atoms with Gasteiger partial charge in [0.2, 0.25) is 10.0 Å². The van der Waals surface area contributed by atoms with E-state index in [1.165, 1.54) is 0 Å². The number of nitrogens with one attached hydrogen (secondary N) is 1. The van der Waals surface area contributed by atoms with Crippen LogP contribution in [0.25, 0.3) is 0 Å². The van der Waals surface area contributed by atoms with Crippen molar-refractivity contribution in [1.29, 1.82) is 0 Å². The summed E-state index contributed by atoms with van der Waals surface area (Å²) in [5.74, 6) is -0.878. The Kier molecular flexibility index (Phi) is 3.49. The van der Waals surface area contributed by atoms with Crippen molar-refractivity contribution in [2.75, 3.05) is 0 Å². The van der Waals surface area contributed by atoms with E-state index in [0.717, 1.165) is 24.2 Å². The number of hydrogen-bond donors (Lipinski definition) is 2. The molecular formula is C12H17NO4S2. The lowest BCUT2D eigenvalue weighted by atomic mass is 10.0. The van der Waals surface area contributed by atoms with Crippen molar-refractivity contribution in [2.45, 2.75) is 44.0 Å². The van der Waals surface area contributed by atoms with Gasteiger partial charge in [0.05, 0.1) is 0 Å². The van der Waals surface area contributed by atoms with E-state index in [1.54, 1.807) is 12.3 Å². The maximum atomic E-state index is 12.4. The standard InChI is InChI=1S/C12H17NO4S2/c1-7-6-18-9(11(14)15)10(7)19(16,17)13-12(2,3)8-4-5-8/h6,8,13H,4-5H2,1-3H3,(H,14,15). The average molecular weight is 303 g/mol. The van der Waals surface area contributed by atoms with Crippen molar-refractivity contribution in [1.82, 2.24) is 4.72 Å². The third-order valence-corrected chi connectivity index (χ3v) is 6.45. The van der Waals surface area contributed by atoms with Gasteiger partial charge >= 0.3 is 5.97 Å². The Balaban J connectivity index is 2.39. The summed E-state index contributed by atoms with van der Waals surface area (Å²) in [5.41, 5.74) is -0.0651. The highest BCUT2D eigenvalue weighted by atomic mass is 32.2. The predicted molar refractivity (Wildman–Crippen MR) is 73.1 cm³/mol. The number of rotatable bonds is 5. The number of hydrogen-bond acceptors (Lipinski definition) is 4. The number of carboxylic acid groups (broad SMARTS) is 1. The molecule has 0 atom stereocenters. The maximum Gasteiger partial charge on any atom is 0.347 e. The molecule has 1 heterocycles. The second-order valence-electron chi connectivity index (χ2n) is 5.48. The third kappa shape index (κ3) is 2.82. The Morgan fingerprint density at radius 3 is 2.53 bits per heavy atom. The van der Waals surface area contributed by atoms with Gasteiger partial charge in [-0.2, -0.15) is 0 Å². The molecule has 1 aromatic rings. The molecule has 0 spiro atoms. The first-order chi connectivity index (χ1) is 8.65. The van der Waals surface area contributed by atoms with E-state index in [0.29, 0.717) is 11.5 Å². The van der Waals surface area contributed by atoms with Crippen LogP contribution in [0.2, 0.25) is 0 Å². The molecule has 1 fully saturated rings. The van der Waals surface area contributed by atoms with Gasteiger partial charge in [-0.25, -0.2) is 17.9 Å². The van der Waals surface area contributed by atoms with Crippen molar-refractivity contribution in [3.05, 3.63) is 15.8 Å². The van der Waals surface area contributed by atoms with E-state index < -0.39 is 21.5 Å². The van der Waals surface area contributed by atoms with E-state index in [2.05, 4.69) is 4.72 Å². The van der Waals surface area contributed by atoms with Gasteiger partial charge in [-0.1, -0.05) is 0 Å². The van der Waals surface area contributed by atoms with E-state index >= 15 is 0 Å². The van der Waals surface area contributed by atoms with Crippen LogP contribution >= 0.6 is 11.3 Å². The lowest BCUT2D eigenvalue weighted by Gasteiger charge is -2.25. The molecule has 1 aliphatic carbocycles. The Hall–Kier alpha value is -0.920. The lowest BCUT2D eigenvalue weighted by Crippen LogP contribution is -2.45. The van der Waals surface area contributed by atoms with Crippen LogP contribution in [0.1, 0.15) is 41.9 Å². The van der Waals surface area contributed by atoms with Crippen molar-refractivity contribution < 1.29 is 18.3 Å². The molecule has 0 aromatic carbocycles. The zero-order chi connectivity index (χ0) is 14.4. The molecule has 0 saturated heterocycles. The Bertz CT molecular complexity index is 612. The summed E-state index contributed by atoms with van der Waals surface area (Å²) in [6.45, 7) is 5.29. The van der Waals surface area contributed by atoms with Crippen molar-refractivity contribution in [3.8, 4) is 0 Å². The van der Waals surface area contributed by atoms with E-state index in [4.69, 9.17) is 5.11 Å². The van der Waals surface area contributed by atoms with Crippen LogP contribution in [0.3, 0.4) is 0 Å². The molecule has 2 rings (SSSR count). The minimum Gasteiger partial charge on any atom is -0.477 e. The minimum absolute atomic E-state index is 0.0984. The predicted octanol–water partition coefficient (Wildman–Crippen LogP) is 2.22. The molecule has 0 unspecified atom stereocenters. The first-order valence-electron chi connectivity index (χ1n) is 6.00. The zero-order valence-corrected chi connectivity index (χ0v) is 12.7. The first kappa shape index (κ1) is 14.5. The third-order valence-electron chi connectivity index (χ3n) is 3.38. The number of carbonyl (C=O) groups is 1. The van der Waals surface area contributed by atoms with Crippen LogP contribution < -0.4 is 4.72 Å². The van der Waals surface area contributed by atoms with Gasteiger partial charge in [-0.05, 0) is 50.5 Å². The Morgan fingerprint density at radius 2 is 2.05 bits per heavy atom. The van der Waals surface area contributed by atoms with Crippen LogP contribution in [0.5, 0.6) is 0 Å². The van der Waals surface area contributed by atoms with Gasteiger partial charge in [-0.3, -0.25) is 0 Å². The van der Waals surface area contributed by atoms with E-state index in [9.17, 15) is 13.2 Å². The van der Waals surface area contributed by atoms with Gasteiger partial charge in [0.25, 0.3) is 0 Å². The summed E-state index contributed by atoms with van der Waals surface area (Å²) in [7, 11) is -3.81. The molecular weight excluding hydrogens is 286 g/mol. The molecule has 7 heteroatoms. The average Bonchev–Trinajstić information content (AvgIpc) is 3.00. The van der Waals surface area contributed by atoms with Crippen molar-refractivity contribution >= 4 is 27.3 Å². The SMILES string of the molecule is Cc1csc(C(=O)O)c1S(=O)(=O)NC(C)(C)C1CC1. The molecule has 0 bridgehead atoms. The number of sulfonamides is 1. The molecule has 0 aliphatic heterocycles. The van der Waals surface area contributed by atoms with Gasteiger partial charge in [0.15, 0.2) is 0 Å². The minimum atomic E-state index is -3.81. The molecule has 19 heavy (non-hydrogen) atoms. The number of aryl methyl sites for hydroxylation is 1. The van der Waals surface area contributed by atoms with E-state index in [-0.39, 0.29) is 9.77 Å². The summed E-state index contributed by atoms with van der Waals surface area (Å²) in [6.07, 6.45) is 2.01. The largest absolute Gasteiger partial charge is 0.477 e. The van der Waals surface area contributed by atoms with Crippen molar-refractivity contribution in [2.24, 2.45) is 5.92 Å². The molecule has 2 N–H and O–H groups in total. The fourth-order valence-electron chi connectivity index (χ4n) is 2.20. The van der Waals surface area contributed by atoms with Gasteiger partial charge in [0, 0.05) is 5.54 Å². The highest BCUT2D eigenvalue weighted by Gasteiger charge is 2.41. The number of aromatic carboxylic acids is 1. The monoisotopic (exact) mass is 303 g/mol. The lowest BCUT2D eigenvalue weighted by molar-refractivity contribution is 0.0698. The first-order valence-corrected chi connectivity index (χ1v) is 8.37. The van der Waals surface area contributed by atoms with Crippen LogP contribution in [-0.4, -0.2) is 25.0 Å². The maximum absolute atomic E-state index is 12.4. The smallest absolute Gasteiger partial charge is 0.347 e. The number of carboxylic acids is 1. The molecule has 0 radical (unpaired) electrons. The molecule has 0 amide bonds. The fourth-order valence-corrected chi connectivity index (χ4v) is 5.31. The second kappa shape index (κ2) is 4.57. The molecule has 5 nitrogen and oxygen atoms in total. The highest BCUT2D eigenvalue weighted by molar-refractivity contribution is 7.89. The van der Waals surface area contributed by atoms with Crippen LogP contribution in [-0.2, 0) is 10.0 Å². The van der Waals surface area contributed by atoms with Crippen LogP contribution in [0.4, 0.5) is 0 Å². The number of thiophene rings is 1. The van der Waals surface area contributed by atoms with Gasteiger partial charge in [-0.15, -0.1) is 11.3 Å². The van der Waals surface area contributed by atoms with E-state index in [1.807, 2.05) is 13.8 Å². The summed E-state index contributed by atoms with van der Waals surface area (Å²) in [4.78, 5) is 10.9. The molecule has 1 aliphatic rings. The van der Waals surface area contributed by atoms with Gasteiger partial charge in [0.1, 0.15) is 9.77 Å². The summed E-state index contributed by atoms with van der Waals surface area (Å²) in [6, 6.07) is 0. The van der Waals surface area contributed by atoms with Crippen LogP contribution in [0.15, 0.2) is 10.3 Å². The fraction of sp³-hybridized carbons (Fsp3) is 0.583. The normalized spacial score (nSPS) is 16.6. The summed E-state index contributed by atoms with van der Waals surface area (Å²) < 4.78 is 27.5. The quantitative estimate of drug-likeness (QED) is 0.873. The Labute approximate surface area is 116 Å².